The number of hydrogen-bond acceptors (Lipinski definition) is 5. The van der Waals surface area contributed by atoms with Gasteiger partial charge in [0.15, 0.2) is 0 Å². The number of pyridine rings is 1. The summed E-state index contributed by atoms with van der Waals surface area (Å²) in [6.07, 6.45) is 3.77. The molecule has 0 aliphatic carbocycles. The maximum atomic E-state index is 12.5. The average molecular weight is 398 g/mol. The van der Waals surface area contributed by atoms with Gasteiger partial charge >= 0.3 is 5.97 Å². The lowest BCUT2D eigenvalue weighted by atomic mass is 10.0. The normalized spacial score (nSPS) is 16.5. The molecule has 1 saturated heterocycles. The molecule has 0 saturated carbocycles. The van der Waals surface area contributed by atoms with Crippen LogP contribution in [0.25, 0.3) is 10.9 Å². The zero-order valence-corrected chi connectivity index (χ0v) is 17.8. The quantitative estimate of drug-likeness (QED) is 0.779. The topological polar surface area (TPSA) is 71.5 Å². The number of anilines is 1. The van der Waals surface area contributed by atoms with Gasteiger partial charge in [-0.05, 0) is 45.7 Å². The first-order valence-corrected chi connectivity index (χ1v) is 10.3. The minimum Gasteiger partial charge on any atom is -0.460 e. The Morgan fingerprint density at radius 3 is 2.62 bits per heavy atom. The summed E-state index contributed by atoms with van der Waals surface area (Å²) in [4.78, 5) is 31.3. The minimum atomic E-state index is -0.530. The first-order valence-electron chi connectivity index (χ1n) is 10.3. The van der Waals surface area contributed by atoms with E-state index in [1.54, 1.807) is 6.92 Å². The van der Waals surface area contributed by atoms with Gasteiger partial charge in [0.25, 0.3) is 0 Å². The molecule has 2 heterocycles. The van der Waals surface area contributed by atoms with Crippen molar-refractivity contribution < 1.29 is 14.3 Å². The van der Waals surface area contributed by atoms with E-state index in [0.29, 0.717) is 0 Å². The Morgan fingerprint density at radius 2 is 1.93 bits per heavy atom. The summed E-state index contributed by atoms with van der Waals surface area (Å²) in [7, 11) is 0. The van der Waals surface area contributed by atoms with Crippen molar-refractivity contribution in [2.45, 2.75) is 58.6 Å². The summed E-state index contributed by atoms with van der Waals surface area (Å²) in [6.45, 7) is 8.99. The number of hydrogen-bond donors (Lipinski definition) is 1. The van der Waals surface area contributed by atoms with E-state index < -0.39 is 11.5 Å². The monoisotopic (exact) mass is 397 g/mol. The van der Waals surface area contributed by atoms with Gasteiger partial charge in [0.2, 0.25) is 5.91 Å². The molecule has 1 N–H and O–H groups in total. The van der Waals surface area contributed by atoms with Crippen LogP contribution in [0.4, 0.5) is 5.69 Å². The van der Waals surface area contributed by atoms with Crippen LogP contribution in [0.3, 0.4) is 0 Å². The number of nitrogens with zero attached hydrogens (tertiary/aromatic N) is 2. The fourth-order valence-electron chi connectivity index (χ4n) is 3.58. The number of carbonyl (C=O) groups is 2. The summed E-state index contributed by atoms with van der Waals surface area (Å²) in [5.41, 5.74) is 1.58. The van der Waals surface area contributed by atoms with Crippen LogP contribution in [0.15, 0.2) is 36.5 Å². The van der Waals surface area contributed by atoms with E-state index in [1.165, 1.54) is 0 Å². The highest BCUT2D eigenvalue weighted by Crippen LogP contribution is 2.23. The number of piperidine rings is 1. The molecule has 1 atom stereocenters. The molecule has 29 heavy (non-hydrogen) atoms. The highest BCUT2D eigenvalue weighted by Gasteiger charge is 2.26. The van der Waals surface area contributed by atoms with Crippen molar-refractivity contribution in [2.75, 3.05) is 18.0 Å². The van der Waals surface area contributed by atoms with Crippen LogP contribution in [-0.4, -0.2) is 41.6 Å². The predicted molar refractivity (Wildman–Crippen MR) is 115 cm³/mol. The van der Waals surface area contributed by atoms with Gasteiger partial charge in [0.1, 0.15) is 5.60 Å². The molecule has 1 aromatic heterocycles. The van der Waals surface area contributed by atoms with Gasteiger partial charge in [0.05, 0.1) is 23.8 Å². The van der Waals surface area contributed by atoms with Gasteiger partial charge in [-0.25, -0.2) is 0 Å². The Labute approximate surface area is 172 Å². The number of aromatic nitrogens is 1. The Hall–Kier alpha value is -2.63. The van der Waals surface area contributed by atoms with Crippen LogP contribution in [-0.2, 0) is 14.3 Å². The van der Waals surface area contributed by atoms with Crippen LogP contribution in [0.2, 0.25) is 0 Å². The van der Waals surface area contributed by atoms with Crippen LogP contribution in [0.1, 0.15) is 47.0 Å². The first-order chi connectivity index (χ1) is 13.7. The number of fused-ring (bicyclic) bond motifs is 1. The van der Waals surface area contributed by atoms with E-state index in [-0.39, 0.29) is 24.3 Å². The van der Waals surface area contributed by atoms with Crippen molar-refractivity contribution >= 4 is 28.5 Å². The largest absolute Gasteiger partial charge is 0.460 e. The molecule has 6 heteroatoms. The molecule has 2 aromatic rings. The Bertz CT molecular complexity index is 867. The Morgan fingerprint density at radius 1 is 1.24 bits per heavy atom. The molecule has 1 aromatic carbocycles. The minimum absolute atomic E-state index is 0.0818. The van der Waals surface area contributed by atoms with Gasteiger partial charge in [0, 0.05) is 30.4 Å². The third kappa shape index (κ3) is 5.92. The molecule has 0 unspecified atom stereocenters. The summed E-state index contributed by atoms with van der Waals surface area (Å²) < 4.78 is 5.31. The Balaban J connectivity index is 1.48. The molecule has 1 amide bonds. The van der Waals surface area contributed by atoms with E-state index in [4.69, 9.17) is 4.74 Å². The first kappa shape index (κ1) is 21.1. The standard InChI is InChI=1S/C23H31N3O3/c1-16(13-21(27)29-23(2,3)4)22(28)25-18-9-11-26(12-10-18)19-14-17-7-5-6-8-20(17)24-15-19/h5-8,14-16,18H,9-13H2,1-4H3,(H,25,28)/t16-/m0/s1. The van der Waals surface area contributed by atoms with Crippen molar-refractivity contribution in [3.05, 3.63) is 36.5 Å². The number of rotatable bonds is 5. The molecule has 6 nitrogen and oxygen atoms in total. The number of amides is 1. The molecule has 1 aliphatic heterocycles. The van der Waals surface area contributed by atoms with Crippen molar-refractivity contribution in [2.24, 2.45) is 5.92 Å². The zero-order valence-electron chi connectivity index (χ0n) is 17.8. The second-order valence-electron chi connectivity index (χ2n) is 8.85. The van der Waals surface area contributed by atoms with Crippen LogP contribution < -0.4 is 10.2 Å². The average Bonchev–Trinajstić information content (AvgIpc) is 2.66. The summed E-state index contributed by atoms with van der Waals surface area (Å²) in [5, 5.41) is 4.24. The predicted octanol–water partition coefficient (Wildman–Crippen LogP) is 3.69. The van der Waals surface area contributed by atoms with Crippen molar-refractivity contribution in [1.29, 1.82) is 0 Å². The number of para-hydroxylation sites is 1. The lowest BCUT2D eigenvalue weighted by Gasteiger charge is -2.34. The number of nitrogens with one attached hydrogen (secondary N) is 1. The number of esters is 1. The van der Waals surface area contributed by atoms with Crippen molar-refractivity contribution in [3.8, 4) is 0 Å². The van der Waals surface area contributed by atoms with E-state index in [9.17, 15) is 9.59 Å². The van der Waals surface area contributed by atoms with Crippen molar-refractivity contribution in [3.63, 3.8) is 0 Å². The second kappa shape index (κ2) is 8.80. The van der Waals surface area contributed by atoms with Gasteiger partial charge in [-0.2, -0.15) is 0 Å². The van der Waals surface area contributed by atoms with E-state index in [2.05, 4.69) is 27.3 Å². The highest BCUT2D eigenvalue weighted by molar-refractivity contribution is 5.84. The van der Waals surface area contributed by atoms with E-state index >= 15 is 0 Å². The maximum absolute atomic E-state index is 12.5. The maximum Gasteiger partial charge on any atom is 0.307 e. The molecular weight excluding hydrogens is 366 g/mol. The SMILES string of the molecule is C[C@@H](CC(=O)OC(C)(C)C)C(=O)NC1CCN(c2cnc3ccccc3c2)CC1. The molecule has 3 rings (SSSR count). The van der Waals surface area contributed by atoms with Crippen LogP contribution in [0.5, 0.6) is 0 Å². The molecule has 156 valence electrons. The molecule has 1 fully saturated rings. The number of ether oxygens (including phenoxy) is 1. The lowest BCUT2D eigenvalue weighted by Crippen LogP contribution is -2.46. The summed E-state index contributed by atoms with van der Waals surface area (Å²) >= 11 is 0. The molecule has 0 radical (unpaired) electrons. The lowest BCUT2D eigenvalue weighted by molar-refractivity contribution is -0.157. The number of carbonyl (C=O) groups excluding carboxylic acids is 2. The third-order valence-corrected chi connectivity index (χ3v) is 5.12. The van der Waals surface area contributed by atoms with Gasteiger partial charge in [-0.3, -0.25) is 14.6 Å². The van der Waals surface area contributed by atoms with Crippen LogP contribution in [0, 0.1) is 5.92 Å². The Kier molecular flexibility index (Phi) is 6.40. The molecule has 0 bridgehead atoms. The van der Waals surface area contributed by atoms with Gasteiger partial charge < -0.3 is 15.0 Å². The van der Waals surface area contributed by atoms with Gasteiger partial charge in [-0.15, -0.1) is 0 Å². The fourth-order valence-corrected chi connectivity index (χ4v) is 3.58. The third-order valence-electron chi connectivity index (χ3n) is 5.12. The number of benzene rings is 1. The van der Waals surface area contributed by atoms with E-state index in [0.717, 1.165) is 42.5 Å². The van der Waals surface area contributed by atoms with E-state index in [1.807, 2.05) is 45.2 Å². The summed E-state index contributed by atoms with van der Waals surface area (Å²) in [5.74, 6) is -0.812. The molecule has 1 aliphatic rings. The molecular formula is C23H31N3O3. The zero-order chi connectivity index (χ0) is 21.0. The fraction of sp³-hybridized carbons (Fsp3) is 0.522. The van der Waals surface area contributed by atoms with Gasteiger partial charge in [-0.1, -0.05) is 25.1 Å². The smallest absolute Gasteiger partial charge is 0.307 e. The molecule has 0 spiro atoms. The van der Waals surface area contributed by atoms with Crippen LogP contribution >= 0.6 is 0 Å². The summed E-state index contributed by atoms with van der Waals surface area (Å²) in [6, 6.07) is 10.4. The highest BCUT2D eigenvalue weighted by atomic mass is 16.6. The van der Waals surface area contributed by atoms with Crippen molar-refractivity contribution in [1.82, 2.24) is 10.3 Å². The second-order valence-corrected chi connectivity index (χ2v) is 8.85.